The number of nitrogens with two attached hydrogens (primary N) is 1. The third-order valence-corrected chi connectivity index (χ3v) is 3.46. The van der Waals surface area contributed by atoms with E-state index in [1.807, 2.05) is 6.07 Å². The van der Waals surface area contributed by atoms with E-state index in [1.165, 1.54) is 12.7 Å². The Labute approximate surface area is 142 Å². The lowest BCUT2D eigenvalue weighted by molar-refractivity contribution is -0.672. The lowest BCUT2D eigenvalue weighted by Gasteiger charge is -2.07. The zero-order valence-corrected chi connectivity index (χ0v) is 13.9. The van der Waals surface area contributed by atoms with Crippen LogP contribution in [0.3, 0.4) is 0 Å². The van der Waals surface area contributed by atoms with Gasteiger partial charge in [0.1, 0.15) is 18.9 Å². The standard InChI is InChI=1S/C19H23NO4/c1-22-19(21)17-7-9-18(10-8-17)24-14-13-23-12-11-20-15-16-5-3-2-4-6-16/h2-10,20H,11-15H2,1H3/p+1. The second-order valence-electron chi connectivity index (χ2n) is 5.24. The van der Waals surface area contributed by atoms with Crippen LogP contribution in [0.15, 0.2) is 54.6 Å². The van der Waals surface area contributed by atoms with Crippen molar-refractivity contribution in [1.29, 1.82) is 0 Å². The maximum atomic E-state index is 11.3. The Morgan fingerprint density at radius 3 is 2.42 bits per heavy atom. The Morgan fingerprint density at radius 2 is 1.71 bits per heavy atom. The van der Waals surface area contributed by atoms with E-state index in [0.717, 1.165) is 13.1 Å². The topological polar surface area (TPSA) is 61.4 Å². The average Bonchev–Trinajstić information content (AvgIpc) is 2.64. The number of hydrogen-bond donors (Lipinski definition) is 1. The van der Waals surface area contributed by atoms with Gasteiger partial charge in [0, 0.05) is 5.56 Å². The van der Waals surface area contributed by atoms with Gasteiger partial charge in [-0.25, -0.2) is 4.79 Å². The van der Waals surface area contributed by atoms with E-state index < -0.39 is 0 Å². The molecule has 2 aromatic rings. The molecule has 0 heterocycles. The third kappa shape index (κ3) is 6.40. The minimum atomic E-state index is -0.350. The van der Waals surface area contributed by atoms with Crippen LogP contribution in [0, 0.1) is 0 Å². The van der Waals surface area contributed by atoms with Crippen LogP contribution in [-0.2, 0) is 16.0 Å². The summed E-state index contributed by atoms with van der Waals surface area (Å²) < 4.78 is 15.8. The molecule has 0 saturated carbocycles. The summed E-state index contributed by atoms with van der Waals surface area (Å²) in [4.78, 5) is 11.3. The van der Waals surface area contributed by atoms with Gasteiger partial charge in [0.2, 0.25) is 0 Å². The fourth-order valence-electron chi connectivity index (χ4n) is 2.18. The van der Waals surface area contributed by atoms with Gasteiger partial charge >= 0.3 is 5.97 Å². The highest BCUT2D eigenvalue weighted by Crippen LogP contribution is 2.12. The zero-order chi connectivity index (χ0) is 17.0. The molecular weight excluding hydrogens is 306 g/mol. The number of carbonyl (C=O) groups excluding carboxylic acids is 1. The first kappa shape index (κ1) is 18.0. The molecule has 2 N–H and O–H groups in total. The maximum absolute atomic E-state index is 11.3. The SMILES string of the molecule is COC(=O)c1ccc(OCCOCC[NH2+]Cc2ccccc2)cc1. The Hall–Kier alpha value is -2.37. The highest BCUT2D eigenvalue weighted by Gasteiger charge is 2.04. The summed E-state index contributed by atoms with van der Waals surface area (Å²) in [7, 11) is 1.36. The van der Waals surface area contributed by atoms with E-state index in [1.54, 1.807) is 24.3 Å². The van der Waals surface area contributed by atoms with Crippen LogP contribution in [-0.4, -0.2) is 39.4 Å². The molecule has 2 rings (SSSR count). The van der Waals surface area contributed by atoms with Crippen molar-refractivity contribution in [1.82, 2.24) is 0 Å². The second kappa shape index (κ2) is 10.4. The maximum Gasteiger partial charge on any atom is 0.337 e. The smallest absolute Gasteiger partial charge is 0.337 e. The molecule has 0 aromatic heterocycles. The number of rotatable bonds is 10. The molecule has 0 aliphatic rings. The quantitative estimate of drug-likeness (QED) is 0.531. The highest BCUT2D eigenvalue weighted by molar-refractivity contribution is 5.89. The zero-order valence-electron chi connectivity index (χ0n) is 13.9. The van der Waals surface area contributed by atoms with Crippen LogP contribution >= 0.6 is 0 Å². The first-order valence-electron chi connectivity index (χ1n) is 8.04. The van der Waals surface area contributed by atoms with Crippen LogP contribution < -0.4 is 10.1 Å². The number of methoxy groups -OCH3 is 1. The number of quaternary nitrogens is 1. The predicted molar refractivity (Wildman–Crippen MR) is 91.0 cm³/mol. The monoisotopic (exact) mass is 330 g/mol. The molecule has 2 aromatic carbocycles. The summed E-state index contributed by atoms with van der Waals surface area (Å²) in [6.45, 7) is 3.60. The van der Waals surface area contributed by atoms with Crippen molar-refractivity contribution in [2.24, 2.45) is 0 Å². The van der Waals surface area contributed by atoms with Crippen molar-refractivity contribution >= 4 is 5.97 Å². The molecule has 0 saturated heterocycles. The molecule has 0 aliphatic carbocycles. The van der Waals surface area contributed by atoms with Gasteiger partial charge in [0.05, 0.1) is 32.4 Å². The van der Waals surface area contributed by atoms with E-state index in [9.17, 15) is 4.79 Å². The van der Waals surface area contributed by atoms with Crippen LogP contribution in [0.2, 0.25) is 0 Å². The number of carbonyl (C=O) groups is 1. The number of hydrogen-bond acceptors (Lipinski definition) is 4. The minimum absolute atomic E-state index is 0.350. The molecule has 128 valence electrons. The van der Waals surface area contributed by atoms with E-state index in [-0.39, 0.29) is 5.97 Å². The summed E-state index contributed by atoms with van der Waals surface area (Å²) in [5, 5.41) is 2.22. The van der Waals surface area contributed by atoms with Gasteiger partial charge in [-0.05, 0) is 24.3 Å². The highest BCUT2D eigenvalue weighted by atomic mass is 16.5. The normalized spacial score (nSPS) is 10.4. The fourth-order valence-corrected chi connectivity index (χ4v) is 2.18. The van der Waals surface area contributed by atoms with E-state index in [0.29, 0.717) is 31.1 Å². The van der Waals surface area contributed by atoms with Crippen LogP contribution in [0.25, 0.3) is 0 Å². The van der Waals surface area contributed by atoms with Crippen LogP contribution in [0.1, 0.15) is 15.9 Å². The molecule has 0 spiro atoms. The molecule has 5 nitrogen and oxygen atoms in total. The molecule has 0 unspecified atom stereocenters. The Balaban J connectivity index is 1.51. The lowest BCUT2D eigenvalue weighted by atomic mass is 10.2. The molecular formula is C19H24NO4+. The summed E-state index contributed by atoms with van der Waals surface area (Å²) in [6, 6.07) is 17.2. The van der Waals surface area contributed by atoms with Gasteiger partial charge < -0.3 is 19.5 Å². The molecule has 0 aliphatic heterocycles. The van der Waals surface area contributed by atoms with Crippen LogP contribution in [0.4, 0.5) is 0 Å². The van der Waals surface area contributed by atoms with Gasteiger partial charge in [0.25, 0.3) is 0 Å². The Morgan fingerprint density at radius 1 is 0.958 bits per heavy atom. The molecule has 0 amide bonds. The van der Waals surface area contributed by atoms with Crippen molar-refractivity contribution in [2.45, 2.75) is 6.54 Å². The molecule has 24 heavy (non-hydrogen) atoms. The molecule has 0 bridgehead atoms. The van der Waals surface area contributed by atoms with Gasteiger partial charge in [-0.15, -0.1) is 0 Å². The number of ether oxygens (including phenoxy) is 3. The number of esters is 1. The lowest BCUT2D eigenvalue weighted by Crippen LogP contribution is -2.83. The molecule has 5 heteroatoms. The summed E-state index contributed by atoms with van der Waals surface area (Å²) in [5.41, 5.74) is 1.83. The van der Waals surface area contributed by atoms with Crippen molar-refractivity contribution < 1.29 is 24.3 Å². The first-order valence-corrected chi connectivity index (χ1v) is 8.04. The Kier molecular flexibility index (Phi) is 7.80. The van der Waals surface area contributed by atoms with Crippen LogP contribution in [0.5, 0.6) is 5.75 Å². The first-order chi connectivity index (χ1) is 11.8. The third-order valence-electron chi connectivity index (χ3n) is 3.46. The second-order valence-corrected chi connectivity index (χ2v) is 5.24. The largest absolute Gasteiger partial charge is 0.491 e. The minimum Gasteiger partial charge on any atom is -0.491 e. The van der Waals surface area contributed by atoms with E-state index in [2.05, 4.69) is 34.3 Å². The van der Waals surface area contributed by atoms with Crippen molar-refractivity contribution in [2.75, 3.05) is 33.5 Å². The van der Waals surface area contributed by atoms with E-state index in [4.69, 9.17) is 9.47 Å². The Bertz CT molecular complexity index is 599. The molecule has 0 radical (unpaired) electrons. The fraction of sp³-hybridized carbons (Fsp3) is 0.316. The van der Waals surface area contributed by atoms with Crippen molar-refractivity contribution in [3.05, 3.63) is 65.7 Å². The summed E-state index contributed by atoms with van der Waals surface area (Å²) in [5.74, 6) is 0.360. The van der Waals surface area contributed by atoms with Gasteiger partial charge in [0.15, 0.2) is 0 Å². The molecule has 0 atom stereocenters. The van der Waals surface area contributed by atoms with Crippen molar-refractivity contribution in [3.63, 3.8) is 0 Å². The predicted octanol–water partition coefficient (Wildman–Crippen LogP) is 1.63. The summed E-state index contributed by atoms with van der Waals surface area (Å²) >= 11 is 0. The molecule has 0 fully saturated rings. The van der Waals surface area contributed by atoms with Gasteiger partial charge in [-0.3, -0.25) is 0 Å². The van der Waals surface area contributed by atoms with Crippen molar-refractivity contribution in [3.8, 4) is 5.75 Å². The van der Waals surface area contributed by atoms with Gasteiger partial charge in [-0.2, -0.15) is 0 Å². The van der Waals surface area contributed by atoms with E-state index >= 15 is 0 Å². The summed E-state index contributed by atoms with van der Waals surface area (Å²) in [6.07, 6.45) is 0. The van der Waals surface area contributed by atoms with Gasteiger partial charge in [-0.1, -0.05) is 30.3 Å². The average molecular weight is 330 g/mol. The number of benzene rings is 2.